The molecule has 0 bridgehead atoms. The summed E-state index contributed by atoms with van der Waals surface area (Å²) in [4.78, 5) is 12.1. The van der Waals surface area contributed by atoms with Gasteiger partial charge in [-0.15, -0.1) is 0 Å². The molecule has 0 aliphatic heterocycles. The predicted octanol–water partition coefficient (Wildman–Crippen LogP) is 5.65. The van der Waals surface area contributed by atoms with Crippen molar-refractivity contribution in [1.82, 2.24) is 5.32 Å². The van der Waals surface area contributed by atoms with E-state index < -0.39 is 0 Å². The van der Waals surface area contributed by atoms with Gasteiger partial charge in [-0.25, -0.2) is 0 Å². The van der Waals surface area contributed by atoms with Crippen LogP contribution in [-0.4, -0.2) is 19.1 Å². The predicted molar refractivity (Wildman–Crippen MR) is 122 cm³/mol. The second-order valence-electron chi connectivity index (χ2n) is 8.31. The van der Waals surface area contributed by atoms with E-state index >= 15 is 0 Å². The van der Waals surface area contributed by atoms with E-state index in [1.807, 2.05) is 49.4 Å². The minimum atomic E-state index is -0.0167. The van der Waals surface area contributed by atoms with Crippen LogP contribution in [0.3, 0.4) is 0 Å². The van der Waals surface area contributed by atoms with Crippen molar-refractivity contribution in [1.29, 1.82) is 0 Å². The number of anilines is 1. The molecule has 4 nitrogen and oxygen atoms in total. The third kappa shape index (κ3) is 7.65. The molecule has 0 saturated heterocycles. The standard InChI is InChI=1S/C25H34N2O2/c1-6-22(26-7-2)21-10-8-9-11-23(21)29-17-16-19-12-14-20(15-13-19)27-24(28)18-25(3,4)5/h6,8-15,26H,7,16-18H2,1-5H3,(H,27,28)/b22-6-. The Hall–Kier alpha value is -2.75. The lowest BCUT2D eigenvalue weighted by Crippen LogP contribution is -2.19. The molecule has 0 fully saturated rings. The number of benzene rings is 2. The lowest BCUT2D eigenvalue weighted by molar-refractivity contribution is -0.117. The van der Waals surface area contributed by atoms with Gasteiger partial charge in [0.05, 0.1) is 6.61 Å². The van der Waals surface area contributed by atoms with E-state index in [0.717, 1.165) is 35.7 Å². The van der Waals surface area contributed by atoms with Crippen LogP contribution in [0.25, 0.3) is 5.70 Å². The Balaban J connectivity index is 1.91. The fourth-order valence-corrected chi connectivity index (χ4v) is 3.08. The van der Waals surface area contributed by atoms with E-state index in [-0.39, 0.29) is 11.3 Å². The van der Waals surface area contributed by atoms with Crippen molar-refractivity contribution >= 4 is 17.3 Å². The van der Waals surface area contributed by atoms with Crippen LogP contribution >= 0.6 is 0 Å². The summed E-state index contributed by atoms with van der Waals surface area (Å²) in [5.74, 6) is 0.929. The number of allylic oxidation sites excluding steroid dienone is 1. The summed E-state index contributed by atoms with van der Waals surface area (Å²) in [6.07, 6.45) is 3.37. The van der Waals surface area contributed by atoms with Crippen molar-refractivity contribution in [3.63, 3.8) is 0 Å². The maximum Gasteiger partial charge on any atom is 0.224 e. The monoisotopic (exact) mass is 394 g/mol. The van der Waals surface area contributed by atoms with Gasteiger partial charge < -0.3 is 15.4 Å². The summed E-state index contributed by atoms with van der Waals surface area (Å²) in [7, 11) is 0. The average Bonchev–Trinajstić information content (AvgIpc) is 2.66. The Morgan fingerprint density at radius 2 is 1.76 bits per heavy atom. The molecule has 2 aromatic carbocycles. The van der Waals surface area contributed by atoms with Crippen LogP contribution in [0.1, 0.15) is 52.2 Å². The minimum absolute atomic E-state index is 0.0167. The van der Waals surface area contributed by atoms with Crippen LogP contribution in [0.4, 0.5) is 5.69 Å². The number of carbonyl (C=O) groups excluding carboxylic acids is 1. The van der Waals surface area contributed by atoms with Gasteiger partial charge >= 0.3 is 0 Å². The first-order chi connectivity index (χ1) is 13.8. The van der Waals surface area contributed by atoms with Crippen molar-refractivity contribution in [2.45, 2.75) is 47.5 Å². The summed E-state index contributed by atoms with van der Waals surface area (Å²) < 4.78 is 6.07. The van der Waals surface area contributed by atoms with Gasteiger partial charge in [0, 0.05) is 36.3 Å². The van der Waals surface area contributed by atoms with Gasteiger partial charge in [-0.2, -0.15) is 0 Å². The highest BCUT2D eigenvalue weighted by molar-refractivity contribution is 5.91. The fourth-order valence-electron chi connectivity index (χ4n) is 3.08. The summed E-state index contributed by atoms with van der Waals surface area (Å²) in [6, 6.07) is 16.1. The molecule has 0 aromatic heterocycles. The smallest absolute Gasteiger partial charge is 0.224 e. The van der Waals surface area contributed by atoms with E-state index in [1.54, 1.807) is 0 Å². The third-order valence-corrected chi connectivity index (χ3v) is 4.41. The molecule has 0 aliphatic rings. The number of nitrogens with one attached hydrogen (secondary N) is 2. The number of para-hydroxylation sites is 1. The van der Waals surface area contributed by atoms with E-state index in [0.29, 0.717) is 13.0 Å². The van der Waals surface area contributed by atoms with Crippen LogP contribution in [-0.2, 0) is 11.2 Å². The first-order valence-corrected chi connectivity index (χ1v) is 10.3. The van der Waals surface area contributed by atoms with E-state index in [9.17, 15) is 4.79 Å². The number of ether oxygens (including phenoxy) is 1. The number of amides is 1. The maximum atomic E-state index is 12.1. The highest BCUT2D eigenvalue weighted by Gasteiger charge is 2.15. The molecule has 0 heterocycles. The van der Waals surface area contributed by atoms with Crippen LogP contribution in [0.2, 0.25) is 0 Å². The lowest BCUT2D eigenvalue weighted by atomic mass is 9.92. The summed E-state index contributed by atoms with van der Waals surface area (Å²) in [5, 5.41) is 6.34. The van der Waals surface area contributed by atoms with Gasteiger partial charge in [0.25, 0.3) is 0 Å². The lowest BCUT2D eigenvalue weighted by Gasteiger charge is -2.17. The molecular weight excluding hydrogens is 360 g/mol. The average molecular weight is 395 g/mol. The van der Waals surface area contributed by atoms with Gasteiger partial charge in [0.1, 0.15) is 5.75 Å². The maximum absolute atomic E-state index is 12.1. The van der Waals surface area contributed by atoms with Crippen molar-refractivity contribution < 1.29 is 9.53 Å². The molecule has 2 N–H and O–H groups in total. The van der Waals surface area contributed by atoms with Gasteiger partial charge in [-0.1, -0.05) is 51.1 Å². The summed E-state index contributed by atoms with van der Waals surface area (Å²) in [5.41, 5.74) is 4.15. The molecule has 0 unspecified atom stereocenters. The highest BCUT2D eigenvalue weighted by atomic mass is 16.5. The second-order valence-corrected chi connectivity index (χ2v) is 8.31. The Morgan fingerprint density at radius 3 is 2.38 bits per heavy atom. The van der Waals surface area contributed by atoms with Crippen LogP contribution < -0.4 is 15.4 Å². The van der Waals surface area contributed by atoms with Gasteiger partial charge in [0.15, 0.2) is 0 Å². The number of hydrogen-bond donors (Lipinski definition) is 2. The largest absolute Gasteiger partial charge is 0.493 e. The number of rotatable bonds is 9. The Morgan fingerprint density at radius 1 is 1.07 bits per heavy atom. The van der Waals surface area contributed by atoms with Gasteiger partial charge in [0.2, 0.25) is 5.91 Å². The molecule has 0 aliphatic carbocycles. The summed E-state index contributed by atoms with van der Waals surface area (Å²) >= 11 is 0. The molecule has 1 amide bonds. The Kier molecular flexibility index (Phi) is 8.32. The Bertz CT molecular complexity index is 817. The molecule has 4 heteroatoms. The molecule has 0 saturated carbocycles. The van der Waals surface area contributed by atoms with Crippen LogP contribution in [0.5, 0.6) is 5.75 Å². The molecule has 2 aromatic rings. The van der Waals surface area contributed by atoms with Crippen molar-refractivity contribution in [3.8, 4) is 5.75 Å². The summed E-state index contributed by atoms with van der Waals surface area (Å²) in [6.45, 7) is 11.8. The molecule has 0 spiro atoms. The second kappa shape index (κ2) is 10.7. The molecule has 156 valence electrons. The highest BCUT2D eigenvalue weighted by Crippen LogP contribution is 2.25. The quantitative estimate of drug-likeness (QED) is 0.577. The first-order valence-electron chi connectivity index (χ1n) is 10.3. The number of hydrogen-bond acceptors (Lipinski definition) is 3. The van der Waals surface area contributed by atoms with E-state index in [4.69, 9.17) is 4.74 Å². The van der Waals surface area contributed by atoms with Crippen molar-refractivity contribution in [3.05, 3.63) is 65.7 Å². The normalized spacial score (nSPS) is 11.8. The van der Waals surface area contributed by atoms with Gasteiger partial charge in [-0.05, 0) is 49.1 Å². The van der Waals surface area contributed by atoms with Crippen LogP contribution in [0, 0.1) is 5.41 Å². The third-order valence-electron chi connectivity index (χ3n) is 4.41. The molecule has 0 atom stereocenters. The first kappa shape index (κ1) is 22.5. The topological polar surface area (TPSA) is 50.4 Å². The molecule has 2 rings (SSSR count). The molecule has 29 heavy (non-hydrogen) atoms. The Labute approximate surface area is 175 Å². The van der Waals surface area contributed by atoms with Crippen molar-refractivity contribution in [2.24, 2.45) is 5.41 Å². The van der Waals surface area contributed by atoms with Gasteiger partial charge in [-0.3, -0.25) is 4.79 Å². The number of carbonyl (C=O) groups is 1. The zero-order valence-electron chi connectivity index (χ0n) is 18.3. The SMILES string of the molecule is C/C=C(\NCC)c1ccccc1OCCc1ccc(NC(=O)CC(C)(C)C)cc1. The zero-order chi connectivity index (χ0) is 21.3. The van der Waals surface area contributed by atoms with Crippen LogP contribution in [0.15, 0.2) is 54.6 Å². The zero-order valence-corrected chi connectivity index (χ0v) is 18.3. The fraction of sp³-hybridized carbons (Fsp3) is 0.400. The van der Waals surface area contributed by atoms with Crippen molar-refractivity contribution in [2.75, 3.05) is 18.5 Å². The molecule has 0 radical (unpaired) electrons. The van der Waals surface area contributed by atoms with E-state index in [2.05, 4.69) is 50.5 Å². The van der Waals surface area contributed by atoms with E-state index in [1.165, 1.54) is 5.56 Å². The minimum Gasteiger partial charge on any atom is -0.493 e. The molecular formula is C25H34N2O2.